The molecule has 0 aromatic heterocycles. The Kier molecular flexibility index (Phi) is 15.3. The minimum Gasteiger partial charge on any atom is -0.314 e. The van der Waals surface area contributed by atoms with Gasteiger partial charge in [0.1, 0.15) is 0 Å². The molecule has 4 nitrogen and oxygen atoms in total. The highest BCUT2D eigenvalue weighted by atomic mass is 15.2. The minimum absolute atomic E-state index is 0. The zero-order valence-electron chi connectivity index (χ0n) is 11.3. The van der Waals surface area contributed by atoms with E-state index in [1.807, 2.05) is 0 Å². The van der Waals surface area contributed by atoms with Gasteiger partial charge in [0.15, 0.2) is 0 Å². The Hall–Kier alpha value is -1.98. The van der Waals surface area contributed by atoms with Gasteiger partial charge in [-0.15, -0.1) is 6.42 Å². The maximum atomic E-state index is 6.00. The summed E-state index contributed by atoms with van der Waals surface area (Å²) in [6.45, 7) is 11.0. The molecule has 0 aromatic rings. The molecule has 108 valence electrons. The second kappa shape index (κ2) is 15.0. The molecule has 0 aliphatic carbocycles. The third-order valence-corrected chi connectivity index (χ3v) is 2.37. The monoisotopic (exact) mass is 256 g/mol. The van der Waals surface area contributed by atoms with Crippen molar-refractivity contribution in [3.63, 3.8) is 0 Å². The fourth-order valence-electron chi connectivity index (χ4n) is 1.48. The fraction of sp³-hybridized carbons (Fsp3) is 0.571. The van der Waals surface area contributed by atoms with Gasteiger partial charge in [-0.25, -0.2) is 0 Å². The Balaban J connectivity index is -0.0000000266. The zero-order valence-corrected chi connectivity index (χ0v) is 11.3. The Morgan fingerprint density at radius 3 is 2.44 bits per heavy atom. The lowest BCUT2D eigenvalue weighted by atomic mass is 10.2. The summed E-state index contributed by atoms with van der Waals surface area (Å²) in [7, 11) is 0. The van der Waals surface area contributed by atoms with Crippen molar-refractivity contribution >= 4 is 0 Å². The van der Waals surface area contributed by atoms with Gasteiger partial charge in [-0.05, 0) is 44.1 Å². The predicted octanol–water partition coefficient (Wildman–Crippen LogP) is 2.45. The third kappa shape index (κ3) is 10.5. The van der Waals surface area contributed by atoms with Crippen LogP contribution in [0.2, 0.25) is 0 Å². The van der Waals surface area contributed by atoms with Crippen LogP contribution in [0.5, 0.6) is 0 Å². The molecule has 0 bridgehead atoms. The average Bonchev–Trinajstić information content (AvgIpc) is 2.43. The first-order valence-corrected chi connectivity index (χ1v) is 5.78. The van der Waals surface area contributed by atoms with Crippen molar-refractivity contribution < 1.29 is 8.56 Å². The molecule has 0 aromatic carbocycles. The van der Waals surface area contributed by atoms with Crippen LogP contribution in [0.4, 0.5) is 0 Å². The van der Waals surface area contributed by atoms with Gasteiger partial charge >= 0.3 is 0 Å². The second-order valence-corrected chi connectivity index (χ2v) is 3.45. The summed E-state index contributed by atoms with van der Waals surface area (Å²) in [5.74, 6) is 12.0. The molecule has 1 rings (SSSR count). The summed E-state index contributed by atoms with van der Waals surface area (Å²) in [4.78, 5) is 2.50. The lowest BCUT2D eigenvalue weighted by Gasteiger charge is -2.32. The molecule has 1 heterocycles. The number of hydrogen-bond acceptors (Lipinski definition) is 4. The van der Waals surface area contributed by atoms with E-state index >= 15 is 0 Å². The zero-order chi connectivity index (χ0) is 14.2. The van der Waals surface area contributed by atoms with E-state index in [0.717, 1.165) is 19.1 Å². The summed E-state index contributed by atoms with van der Waals surface area (Å²) in [6.07, 6.45) is 4.78. The van der Waals surface area contributed by atoms with Gasteiger partial charge in [0.25, 0.3) is 0 Å². The number of hydrogen-bond donors (Lipinski definition) is 1. The number of nitrogens with zero attached hydrogens (tertiary/aromatic N) is 3. The first-order chi connectivity index (χ1) is 8.76. The van der Waals surface area contributed by atoms with Crippen molar-refractivity contribution in [2.75, 3.05) is 26.2 Å². The molecule has 4 heteroatoms. The van der Waals surface area contributed by atoms with Gasteiger partial charge in [-0.1, -0.05) is 12.8 Å². The molecule has 1 fully saturated rings. The van der Waals surface area contributed by atoms with Crippen molar-refractivity contribution in [3.05, 3.63) is 0 Å². The number of rotatable bonds is 1. The van der Waals surface area contributed by atoms with Crippen molar-refractivity contribution in [1.82, 2.24) is 10.2 Å². The molecule has 1 N–H and O–H groups in total. The quantitative estimate of drug-likeness (QED) is 0.578. The normalized spacial score (nSPS) is 16.8. The lowest BCUT2D eigenvalue weighted by molar-refractivity contribution is 0.183. The Labute approximate surface area is 119 Å². The van der Waals surface area contributed by atoms with Crippen LogP contribution in [0.3, 0.4) is 0 Å². The maximum Gasteiger partial charge on any atom is 0.0192 e. The van der Waals surface area contributed by atoms with Gasteiger partial charge in [-0.2, -0.15) is 0 Å². The Morgan fingerprint density at radius 2 is 2.06 bits per heavy atom. The molecule has 0 radical (unpaired) electrons. The molecular weight excluding hydrogens is 224 g/mol. The molecule has 1 atom stereocenters. The van der Waals surface area contributed by atoms with Gasteiger partial charge in [0.2, 0.25) is 0 Å². The van der Waals surface area contributed by atoms with E-state index in [2.05, 4.69) is 53.7 Å². The van der Waals surface area contributed by atoms with E-state index in [4.69, 9.17) is 17.2 Å². The van der Waals surface area contributed by atoms with E-state index in [0.29, 0.717) is 0 Å². The Bertz CT molecular complexity index is 389. The van der Waals surface area contributed by atoms with Gasteiger partial charge < -0.3 is 5.32 Å². The summed E-state index contributed by atoms with van der Waals surface area (Å²) >= 11 is 0. The van der Waals surface area contributed by atoms with Crippen LogP contribution in [0, 0.1) is 46.8 Å². The van der Waals surface area contributed by atoms with E-state index in [1.54, 1.807) is 6.92 Å². The molecule has 0 unspecified atom stereocenters. The van der Waals surface area contributed by atoms with Gasteiger partial charge in [-0.3, -0.25) is 4.90 Å². The number of likely N-dealkylation sites (N-methyl/N-ethyl adjacent to an activating group) is 1. The highest BCUT2D eigenvalue weighted by molar-refractivity contribution is 5.33. The second-order valence-electron chi connectivity index (χ2n) is 3.45. The SMILES string of the molecule is C#CC#CC#CC.CCN1CCNC[C@H]1C.N#N.[HH].[HH].[HH].[HH].[HH].[HH]. The molecular formula is C14H32N4. The summed E-state index contributed by atoms with van der Waals surface area (Å²) < 4.78 is 0. The summed E-state index contributed by atoms with van der Waals surface area (Å²) in [5.41, 5.74) is 0. The topological polar surface area (TPSA) is 62.9 Å². The van der Waals surface area contributed by atoms with Crippen molar-refractivity contribution in [1.29, 1.82) is 10.8 Å². The largest absolute Gasteiger partial charge is 0.314 e. The van der Waals surface area contributed by atoms with Crippen molar-refractivity contribution in [2.45, 2.75) is 26.8 Å². The first kappa shape index (κ1) is 18.4. The highest BCUT2D eigenvalue weighted by Crippen LogP contribution is 1.99. The number of terminal acetylenes is 1. The van der Waals surface area contributed by atoms with Crippen LogP contribution >= 0.6 is 0 Å². The first-order valence-electron chi connectivity index (χ1n) is 5.78. The number of piperazine rings is 1. The molecule has 1 aliphatic rings. The third-order valence-electron chi connectivity index (χ3n) is 2.37. The van der Waals surface area contributed by atoms with E-state index in [-0.39, 0.29) is 8.56 Å². The lowest BCUT2D eigenvalue weighted by Crippen LogP contribution is -2.49. The minimum atomic E-state index is 0. The fourth-order valence-corrected chi connectivity index (χ4v) is 1.48. The molecule has 0 amide bonds. The van der Waals surface area contributed by atoms with Crippen molar-refractivity contribution in [2.24, 2.45) is 0 Å². The van der Waals surface area contributed by atoms with Crippen LogP contribution in [0.15, 0.2) is 0 Å². The van der Waals surface area contributed by atoms with E-state index in [9.17, 15) is 0 Å². The predicted molar refractivity (Wildman–Crippen MR) is 85.8 cm³/mol. The molecule has 0 saturated carbocycles. The molecule has 1 saturated heterocycles. The molecule has 1 aliphatic heterocycles. The molecule has 18 heavy (non-hydrogen) atoms. The summed E-state index contributed by atoms with van der Waals surface area (Å²) in [5, 5.41) is 15.4. The Morgan fingerprint density at radius 1 is 1.39 bits per heavy atom. The molecule has 0 spiro atoms. The van der Waals surface area contributed by atoms with Crippen molar-refractivity contribution in [3.8, 4) is 36.0 Å². The highest BCUT2D eigenvalue weighted by Gasteiger charge is 2.14. The standard InChI is InChI=1S/C7H16N2.C7H4.N2.6H2/c1-3-9-5-4-8-6-7(9)2;1-3-5-7-6-4-2;1-2;;;;;;/h7-8H,3-6H2,1-2H3;1H,2H3;;6*1H/t7-;;;;;;;;/m1......../s1. The smallest absolute Gasteiger partial charge is 0.0192 e. The van der Waals surface area contributed by atoms with Crippen LogP contribution in [-0.4, -0.2) is 37.1 Å². The maximum absolute atomic E-state index is 6.00. The van der Waals surface area contributed by atoms with Crippen LogP contribution < -0.4 is 5.32 Å². The van der Waals surface area contributed by atoms with Crippen LogP contribution in [-0.2, 0) is 0 Å². The van der Waals surface area contributed by atoms with E-state index < -0.39 is 0 Å². The average molecular weight is 256 g/mol. The van der Waals surface area contributed by atoms with Gasteiger partial charge in [0, 0.05) is 45.0 Å². The van der Waals surface area contributed by atoms with Gasteiger partial charge in [0.05, 0.1) is 0 Å². The number of nitrogens with one attached hydrogen (secondary N) is 1. The van der Waals surface area contributed by atoms with Crippen LogP contribution in [0.1, 0.15) is 29.3 Å². The summed E-state index contributed by atoms with van der Waals surface area (Å²) in [6, 6.07) is 0.740. The van der Waals surface area contributed by atoms with E-state index in [1.165, 1.54) is 13.1 Å². The van der Waals surface area contributed by atoms with Crippen LogP contribution in [0.25, 0.3) is 0 Å².